The van der Waals surface area contributed by atoms with E-state index in [1.165, 1.54) is 11.3 Å². The first-order valence-electron chi connectivity index (χ1n) is 4.40. The summed E-state index contributed by atoms with van der Waals surface area (Å²) in [6.07, 6.45) is 0. The van der Waals surface area contributed by atoms with Crippen LogP contribution in [0.4, 0.5) is 0 Å². The minimum absolute atomic E-state index is 0.314. The molecule has 0 amide bonds. The van der Waals surface area contributed by atoms with Gasteiger partial charge in [-0.25, -0.2) is 4.79 Å². The van der Waals surface area contributed by atoms with Crippen molar-refractivity contribution in [3.8, 4) is 0 Å². The quantitative estimate of drug-likeness (QED) is 0.681. The van der Waals surface area contributed by atoms with Crippen LogP contribution in [0.3, 0.4) is 0 Å². The fourth-order valence-electron chi connectivity index (χ4n) is 1.60. The van der Waals surface area contributed by atoms with Crippen LogP contribution in [0.2, 0.25) is 0 Å². The highest BCUT2D eigenvalue weighted by Crippen LogP contribution is 2.34. The Labute approximate surface area is 88.6 Å². The summed E-state index contributed by atoms with van der Waals surface area (Å²) in [6, 6.07) is 9.19. The first-order chi connectivity index (χ1) is 7.25. The molecule has 2 heterocycles. The van der Waals surface area contributed by atoms with Crippen LogP contribution in [-0.4, -0.2) is 11.1 Å². The van der Waals surface area contributed by atoms with Gasteiger partial charge in [-0.1, -0.05) is 12.1 Å². The molecule has 3 nitrogen and oxygen atoms in total. The van der Waals surface area contributed by atoms with Crippen molar-refractivity contribution in [3.63, 3.8) is 0 Å². The lowest BCUT2D eigenvalue weighted by atomic mass is 10.2. The predicted octanol–water partition coefficient (Wildman–Crippen LogP) is 3.35. The van der Waals surface area contributed by atoms with Gasteiger partial charge in [-0.05, 0) is 12.1 Å². The van der Waals surface area contributed by atoms with Gasteiger partial charge in [-0.3, -0.25) is 0 Å². The zero-order valence-corrected chi connectivity index (χ0v) is 8.38. The molecule has 2 aromatic heterocycles. The van der Waals surface area contributed by atoms with Crippen molar-refractivity contribution < 1.29 is 14.3 Å². The van der Waals surface area contributed by atoms with Gasteiger partial charge in [0.1, 0.15) is 16.0 Å². The number of carboxylic acids is 1. The van der Waals surface area contributed by atoms with Gasteiger partial charge in [-0.2, -0.15) is 0 Å². The molecule has 1 aromatic carbocycles. The molecule has 0 aliphatic rings. The zero-order chi connectivity index (χ0) is 10.4. The highest BCUT2D eigenvalue weighted by atomic mass is 32.1. The first-order valence-corrected chi connectivity index (χ1v) is 5.22. The molecule has 0 saturated heterocycles. The van der Waals surface area contributed by atoms with E-state index in [9.17, 15) is 4.79 Å². The number of hydrogen-bond donors (Lipinski definition) is 1. The summed E-state index contributed by atoms with van der Waals surface area (Å²) in [6.45, 7) is 0. The molecule has 3 aromatic rings. The van der Waals surface area contributed by atoms with Crippen molar-refractivity contribution in [2.75, 3.05) is 0 Å². The van der Waals surface area contributed by atoms with Gasteiger partial charge in [0.25, 0.3) is 0 Å². The van der Waals surface area contributed by atoms with Gasteiger partial charge >= 0.3 is 5.97 Å². The van der Waals surface area contributed by atoms with Crippen LogP contribution in [0.5, 0.6) is 0 Å². The van der Waals surface area contributed by atoms with Crippen molar-refractivity contribution in [1.82, 2.24) is 0 Å². The summed E-state index contributed by atoms with van der Waals surface area (Å²) in [4.78, 5) is 11.1. The molecule has 0 bridgehead atoms. The SMILES string of the molecule is O=C(O)c1cc2oc3ccccc3c2s1. The third-order valence-electron chi connectivity index (χ3n) is 2.26. The number of rotatable bonds is 1. The highest BCUT2D eigenvalue weighted by molar-refractivity contribution is 7.21. The van der Waals surface area contributed by atoms with Crippen LogP contribution in [0.15, 0.2) is 34.7 Å². The molecular formula is C11H6O3S. The third-order valence-corrected chi connectivity index (χ3v) is 3.40. The summed E-state index contributed by atoms with van der Waals surface area (Å²) < 4.78 is 6.44. The van der Waals surface area contributed by atoms with Crippen LogP contribution in [0.25, 0.3) is 21.3 Å². The minimum atomic E-state index is -0.907. The van der Waals surface area contributed by atoms with Gasteiger partial charge in [-0.15, -0.1) is 11.3 Å². The standard InChI is InChI=1S/C11H6O3S/c12-11(13)9-5-8-10(15-9)6-3-1-2-4-7(6)14-8/h1-5H,(H,12,13). The average molecular weight is 218 g/mol. The first kappa shape index (κ1) is 8.49. The summed E-state index contributed by atoms with van der Waals surface area (Å²) in [7, 11) is 0. The molecule has 0 fully saturated rings. The molecule has 3 rings (SSSR count). The Kier molecular flexibility index (Phi) is 1.61. The highest BCUT2D eigenvalue weighted by Gasteiger charge is 2.14. The zero-order valence-electron chi connectivity index (χ0n) is 7.56. The second-order valence-electron chi connectivity index (χ2n) is 3.21. The van der Waals surface area contributed by atoms with Crippen molar-refractivity contribution in [2.24, 2.45) is 0 Å². The van der Waals surface area contributed by atoms with E-state index in [-0.39, 0.29) is 0 Å². The summed E-state index contributed by atoms with van der Waals surface area (Å²) >= 11 is 1.25. The van der Waals surface area contributed by atoms with Crippen LogP contribution in [0.1, 0.15) is 9.67 Å². The van der Waals surface area contributed by atoms with E-state index < -0.39 is 5.97 Å². The number of aromatic carboxylic acids is 1. The van der Waals surface area contributed by atoms with E-state index in [0.29, 0.717) is 10.5 Å². The van der Waals surface area contributed by atoms with E-state index >= 15 is 0 Å². The second kappa shape index (κ2) is 2.84. The van der Waals surface area contributed by atoms with Gasteiger partial charge in [0, 0.05) is 11.5 Å². The predicted molar refractivity (Wildman–Crippen MR) is 58.6 cm³/mol. The number of thiophene rings is 1. The molecule has 0 aliphatic heterocycles. The lowest BCUT2D eigenvalue weighted by molar-refractivity contribution is 0.0702. The number of para-hydroxylation sites is 1. The summed E-state index contributed by atoms with van der Waals surface area (Å²) in [5.74, 6) is -0.907. The van der Waals surface area contributed by atoms with E-state index in [1.54, 1.807) is 6.07 Å². The third kappa shape index (κ3) is 1.15. The maximum absolute atomic E-state index is 10.8. The number of hydrogen-bond acceptors (Lipinski definition) is 3. The fraction of sp³-hybridized carbons (Fsp3) is 0. The maximum Gasteiger partial charge on any atom is 0.346 e. The second-order valence-corrected chi connectivity index (χ2v) is 4.26. The number of benzene rings is 1. The Morgan fingerprint density at radius 2 is 2.07 bits per heavy atom. The van der Waals surface area contributed by atoms with Crippen LogP contribution < -0.4 is 0 Å². The molecule has 0 radical (unpaired) electrons. The van der Waals surface area contributed by atoms with Gasteiger partial charge in [0.05, 0.1) is 4.70 Å². The Balaban J connectivity index is 2.42. The van der Waals surface area contributed by atoms with Crippen molar-refractivity contribution in [2.45, 2.75) is 0 Å². The summed E-state index contributed by atoms with van der Waals surface area (Å²) in [5.41, 5.74) is 1.45. The molecule has 0 atom stereocenters. The van der Waals surface area contributed by atoms with E-state index in [2.05, 4.69) is 0 Å². The topological polar surface area (TPSA) is 50.4 Å². The normalized spacial score (nSPS) is 11.2. The minimum Gasteiger partial charge on any atom is -0.477 e. The van der Waals surface area contributed by atoms with E-state index in [4.69, 9.17) is 9.52 Å². The monoisotopic (exact) mass is 218 g/mol. The van der Waals surface area contributed by atoms with Gasteiger partial charge in [0.15, 0.2) is 0 Å². The van der Waals surface area contributed by atoms with Crippen molar-refractivity contribution in [1.29, 1.82) is 0 Å². The Morgan fingerprint density at radius 1 is 1.27 bits per heavy atom. The smallest absolute Gasteiger partial charge is 0.346 e. The Hall–Kier alpha value is -1.81. The molecule has 0 spiro atoms. The largest absolute Gasteiger partial charge is 0.477 e. The molecular weight excluding hydrogens is 212 g/mol. The van der Waals surface area contributed by atoms with Gasteiger partial charge < -0.3 is 9.52 Å². The molecule has 0 saturated carbocycles. The molecule has 0 unspecified atom stereocenters. The summed E-state index contributed by atoms with van der Waals surface area (Å²) in [5, 5.41) is 9.82. The van der Waals surface area contributed by atoms with Crippen LogP contribution in [0, 0.1) is 0 Å². The van der Waals surface area contributed by atoms with Crippen molar-refractivity contribution >= 4 is 38.6 Å². The van der Waals surface area contributed by atoms with E-state index in [1.807, 2.05) is 24.3 Å². The number of furan rings is 1. The lowest BCUT2D eigenvalue weighted by Gasteiger charge is -1.86. The molecule has 15 heavy (non-hydrogen) atoms. The van der Waals surface area contributed by atoms with Crippen LogP contribution in [-0.2, 0) is 0 Å². The van der Waals surface area contributed by atoms with Crippen molar-refractivity contribution in [3.05, 3.63) is 35.2 Å². The van der Waals surface area contributed by atoms with Gasteiger partial charge in [0.2, 0.25) is 0 Å². The Morgan fingerprint density at radius 3 is 2.87 bits per heavy atom. The number of carbonyl (C=O) groups is 1. The van der Waals surface area contributed by atoms with Crippen LogP contribution >= 0.6 is 11.3 Å². The molecule has 4 heteroatoms. The molecule has 0 aliphatic carbocycles. The lowest BCUT2D eigenvalue weighted by Crippen LogP contribution is -1.89. The molecule has 74 valence electrons. The average Bonchev–Trinajstić information content (AvgIpc) is 2.73. The van der Waals surface area contributed by atoms with E-state index in [0.717, 1.165) is 15.7 Å². The number of carboxylic acid groups (broad SMARTS) is 1. The Bertz CT molecular complexity index is 663. The number of fused-ring (bicyclic) bond motifs is 3. The maximum atomic E-state index is 10.8. The molecule has 1 N–H and O–H groups in total. The fourth-order valence-corrected chi connectivity index (χ4v) is 2.56.